The minimum Gasteiger partial charge on any atom is -0.379 e. The molecule has 9 heteroatoms. The zero-order valence-electron chi connectivity index (χ0n) is 17.5. The Morgan fingerprint density at radius 2 is 1.89 bits per heavy atom. The van der Waals surface area contributed by atoms with Gasteiger partial charge in [-0.3, -0.25) is 9.89 Å². The van der Waals surface area contributed by atoms with Gasteiger partial charge in [0.25, 0.3) is 0 Å². The van der Waals surface area contributed by atoms with E-state index in [1.54, 1.807) is 0 Å². The van der Waals surface area contributed by atoms with Gasteiger partial charge < -0.3 is 19.9 Å². The van der Waals surface area contributed by atoms with Crippen LogP contribution in [-0.4, -0.2) is 71.6 Å². The Morgan fingerprint density at radius 1 is 1.11 bits per heavy atom. The SMILES string of the molecule is CN=C(NCc1nnc2n1CCCCC2)NCC(C(C)C)N1CCOCC1.I. The van der Waals surface area contributed by atoms with E-state index in [2.05, 4.69) is 49.1 Å². The molecule has 0 radical (unpaired) electrons. The summed E-state index contributed by atoms with van der Waals surface area (Å²) in [6.07, 6.45) is 4.74. The van der Waals surface area contributed by atoms with Gasteiger partial charge in [0.05, 0.1) is 19.8 Å². The number of fused-ring (bicyclic) bond motifs is 1. The second-order valence-corrected chi connectivity index (χ2v) is 7.76. The average Bonchev–Trinajstić information content (AvgIpc) is 2.91. The molecule has 1 fully saturated rings. The molecule has 0 bridgehead atoms. The molecular formula is C19H36IN7O. The van der Waals surface area contributed by atoms with Crippen LogP contribution in [0.4, 0.5) is 0 Å². The molecule has 0 aliphatic carbocycles. The number of aliphatic imine (C=N–C) groups is 1. The van der Waals surface area contributed by atoms with E-state index < -0.39 is 0 Å². The van der Waals surface area contributed by atoms with Crippen LogP contribution in [0.3, 0.4) is 0 Å². The number of morpholine rings is 1. The van der Waals surface area contributed by atoms with Crippen LogP contribution >= 0.6 is 24.0 Å². The number of aromatic nitrogens is 3. The second kappa shape index (κ2) is 11.9. The number of guanidine groups is 1. The number of hydrogen-bond donors (Lipinski definition) is 2. The standard InChI is InChI=1S/C19H35N7O.HI/c1-15(2)16(25-9-11-27-12-10-25)13-21-19(20-3)22-14-18-24-23-17-7-5-4-6-8-26(17)18;/h15-16H,4-14H2,1-3H3,(H2,20,21,22);1H. The maximum atomic E-state index is 5.50. The highest BCUT2D eigenvalue weighted by Crippen LogP contribution is 2.14. The third kappa shape index (κ3) is 6.28. The van der Waals surface area contributed by atoms with Crippen molar-refractivity contribution in [3.63, 3.8) is 0 Å². The fraction of sp³-hybridized carbons (Fsp3) is 0.842. The highest BCUT2D eigenvalue weighted by Gasteiger charge is 2.24. The van der Waals surface area contributed by atoms with E-state index >= 15 is 0 Å². The van der Waals surface area contributed by atoms with Crippen LogP contribution in [0.25, 0.3) is 0 Å². The van der Waals surface area contributed by atoms with Crippen molar-refractivity contribution in [3.05, 3.63) is 11.6 Å². The second-order valence-electron chi connectivity index (χ2n) is 7.76. The Labute approximate surface area is 185 Å². The molecule has 160 valence electrons. The molecule has 0 aromatic carbocycles. The summed E-state index contributed by atoms with van der Waals surface area (Å²) < 4.78 is 7.77. The minimum atomic E-state index is 0. The predicted molar refractivity (Wildman–Crippen MR) is 122 cm³/mol. The van der Waals surface area contributed by atoms with Gasteiger partial charge in [-0.2, -0.15) is 0 Å². The number of halogens is 1. The maximum absolute atomic E-state index is 5.50. The van der Waals surface area contributed by atoms with Crippen molar-refractivity contribution < 1.29 is 4.74 Å². The van der Waals surface area contributed by atoms with Gasteiger partial charge in [-0.1, -0.05) is 20.3 Å². The van der Waals surface area contributed by atoms with E-state index in [0.717, 1.165) is 63.4 Å². The molecular weight excluding hydrogens is 469 g/mol. The van der Waals surface area contributed by atoms with E-state index in [9.17, 15) is 0 Å². The van der Waals surface area contributed by atoms with Gasteiger partial charge in [-0.15, -0.1) is 34.2 Å². The van der Waals surface area contributed by atoms with Crippen molar-refractivity contribution in [2.24, 2.45) is 10.9 Å². The minimum absolute atomic E-state index is 0. The Hall–Kier alpha value is -0.940. The summed E-state index contributed by atoms with van der Waals surface area (Å²) in [5, 5.41) is 15.7. The number of nitrogens with one attached hydrogen (secondary N) is 2. The number of nitrogens with zero attached hydrogens (tertiary/aromatic N) is 5. The number of aryl methyl sites for hydroxylation is 1. The number of ether oxygens (including phenoxy) is 1. The van der Waals surface area contributed by atoms with Gasteiger partial charge in [0, 0.05) is 45.7 Å². The van der Waals surface area contributed by atoms with Crippen molar-refractivity contribution in [2.45, 2.75) is 58.7 Å². The van der Waals surface area contributed by atoms with Crippen molar-refractivity contribution >= 4 is 29.9 Å². The first-order chi connectivity index (χ1) is 13.2. The Morgan fingerprint density at radius 3 is 2.61 bits per heavy atom. The molecule has 0 spiro atoms. The smallest absolute Gasteiger partial charge is 0.191 e. The first kappa shape index (κ1) is 23.3. The molecule has 3 heterocycles. The van der Waals surface area contributed by atoms with E-state index in [0.29, 0.717) is 18.5 Å². The molecule has 2 aliphatic rings. The molecule has 28 heavy (non-hydrogen) atoms. The van der Waals surface area contributed by atoms with Crippen LogP contribution in [0.1, 0.15) is 44.8 Å². The largest absolute Gasteiger partial charge is 0.379 e. The average molecular weight is 505 g/mol. The van der Waals surface area contributed by atoms with Crippen LogP contribution < -0.4 is 10.6 Å². The van der Waals surface area contributed by atoms with Crippen molar-refractivity contribution in [3.8, 4) is 0 Å². The molecule has 1 saturated heterocycles. The molecule has 0 saturated carbocycles. The molecule has 1 aromatic heterocycles. The van der Waals surface area contributed by atoms with Gasteiger partial charge in [0.2, 0.25) is 0 Å². The summed E-state index contributed by atoms with van der Waals surface area (Å²) in [4.78, 5) is 6.91. The van der Waals surface area contributed by atoms with Crippen molar-refractivity contribution in [1.82, 2.24) is 30.3 Å². The van der Waals surface area contributed by atoms with E-state index in [1.807, 2.05) is 7.05 Å². The third-order valence-corrected chi connectivity index (χ3v) is 5.59. The van der Waals surface area contributed by atoms with Crippen LogP contribution in [0.15, 0.2) is 4.99 Å². The highest BCUT2D eigenvalue weighted by molar-refractivity contribution is 14.0. The zero-order chi connectivity index (χ0) is 19.1. The predicted octanol–water partition coefficient (Wildman–Crippen LogP) is 1.64. The van der Waals surface area contributed by atoms with E-state index in [4.69, 9.17) is 4.74 Å². The van der Waals surface area contributed by atoms with Gasteiger partial charge >= 0.3 is 0 Å². The Bertz CT molecular complexity index is 613. The molecule has 1 unspecified atom stereocenters. The zero-order valence-corrected chi connectivity index (χ0v) is 19.8. The molecule has 2 N–H and O–H groups in total. The molecule has 2 aliphatic heterocycles. The third-order valence-electron chi connectivity index (χ3n) is 5.59. The quantitative estimate of drug-likeness (QED) is 0.348. The van der Waals surface area contributed by atoms with Gasteiger partial charge in [-0.25, -0.2) is 0 Å². The monoisotopic (exact) mass is 505 g/mol. The van der Waals surface area contributed by atoms with Crippen molar-refractivity contribution in [1.29, 1.82) is 0 Å². The summed E-state index contributed by atoms with van der Waals surface area (Å²) in [6.45, 7) is 10.8. The normalized spacial score (nSPS) is 19.5. The topological polar surface area (TPSA) is 79.6 Å². The highest BCUT2D eigenvalue weighted by atomic mass is 127. The van der Waals surface area contributed by atoms with Gasteiger partial charge in [-0.05, 0) is 18.8 Å². The summed E-state index contributed by atoms with van der Waals surface area (Å²) in [5.74, 6) is 3.52. The summed E-state index contributed by atoms with van der Waals surface area (Å²) in [5.41, 5.74) is 0. The van der Waals surface area contributed by atoms with Crippen LogP contribution in [-0.2, 0) is 24.2 Å². The maximum Gasteiger partial charge on any atom is 0.191 e. The van der Waals surface area contributed by atoms with E-state index in [-0.39, 0.29) is 24.0 Å². The fourth-order valence-electron chi connectivity index (χ4n) is 3.96. The lowest BCUT2D eigenvalue weighted by Crippen LogP contribution is -2.52. The Kier molecular flexibility index (Phi) is 9.93. The van der Waals surface area contributed by atoms with Crippen LogP contribution in [0.5, 0.6) is 0 Å². The molecule has 1 aromatic rings. The number of hydrogen-bond acceptors (Lipinski definition) is 5. The molecule has 8 nitrogen and oxygen atoms in total. The van der Waals surface area contributed by atoms with Crippen LogP contribution in [0, 0.1) is 5.92 Å². The summed E-state index contributed by atoms with van der Waals surface area (Å²) >= 11 is 0. The van der Waals surface area contributed by atoms with Gasteiger partial charge in [0.1, 0.15) is 5.82 Å². The van der Waals surface area contributed by atoms with E-state index in [1.165, 1.54) is 19.3 Å². The van der Waals surface area contributed by atoms with Crippen LogP contribution in [0.2, 0.25) is 0 Å². The first-order valence-corrected chi connectivity index (χ1v) is 10.4. The van der Waals surface area contributed by atoms with Crippen molar-refractivity contribution in [2.75, 3.05) is 39.9 Å². The Balaban J connectivity index is 0.00000280. The lowest BCUT2D eigenvalue weighted by molar-refractivity contribution is 0.00752. The summed E-state index contributed by atoms with van der Waals surface area (Å²) in [7, 11) is 1.82. The lowest BCUT2D eigenvalue weighted by atomic mass is 10.0. The molecule has 1 atom stereocenters. The van der Waals surface area contributed by atoms with Gasteiger partial charge in [0.15, 0.2) is 11.8 Å². The number of rotatable bonds is 6. The molecule has 0 amide bonds. The fourth-order valence-corrected chi connectivity index (χ4v) is 3.96. The lowest BCUT2D eigenvalue weighted by Gasteiger charge is -2.37. The summed E-state index contributed by atoms with van der Waals surface area (Å²) in [6, 6.07) is 0.469. The first-order valence-electron chi connectivity index (χ1n) is 10.4. The molecule has 3 rings (SSSR count).